The zero-order valence-corrected chi connectivity index (χ0v) is 18.1. The number of allylic oxidation sites excluding steroid dienone is 1. The lowest BCUT2D eigenvalue weighted by molar-refractivity contribution is 0.413. The largest absolute Gasteiger partial charge is 0.497 e. The minimum Gasteiger partial charge on any atom is -0.497 e. The lowest BCUT2D eigenvalue weighted by Crippen LogP contribution is -1.96. The van der Waals surface area contributed by atoms with Gasteiger partial charge in [-0.05, 0) is 52.9 Å². The maximum Gasteiger partial charge on any atom is 0.119 e. The Morgan fingerprint density at radius 1 is 0.742 bits per heavy atom. The van der Waals surface area contributed by atoms with E-state index in [0.29, 0.717) is 0 Å². The number of hydrogen-bond donors (Lipinski definition) is 0. The highest BCUT2D eigenvalue weighted by Crippen LogP contribution is 2.25. The summed E-state index contributed by atoms with van der Waals surface area (Å²) in [4.78, 5) is 6.01. The first-order chi connectivity index (χ1) is 15.3. The van der Waals surface area contributed by atoms with Gasteiger partial charge in [0, 0.05) is 10.5 Å². The summed E-state index contributed by atoms with van der Waals surface area (Å²) in [5.74, 6) is 0.855. The van der Waals surface area contributed by atoms with Crippen LogP contribution in [0.15, 0.2) is 131 Å². The molecule has 0 fully saturated rings. The number of methoxy groups -OCH3 is 1. The molecule has 0 aliphatic carbocycles. The van der Waals surface area contributed by atoms with Crippen molar-refractivity contribution in [1.82, 2.24) is 0 Å². The van der Waals surface area contributed by atoms with Gasteiger partial charge in [0.05, 0.1) is 18.5 Å². The molecular weight excluding hydrogens is 398 g/mol. The van der Waals surface area contributed by atoms with E-state index in [2.05, 4.69) is 66.1 Å². The zero-order chi connectivity index (χ0) is 21.3. The van der Waals surface area contributed by atoms with Gasteiger partial charge in [0.15, 0.2) is 0 Å². The van der Waals surface area contributed by atoms with Crippen LogP contribution in [-0.2, 0) is 0 Å². The summed E-state index contributed by atoms with van der Waals surface area (Å²) in [6, 6.07) is 37.0. The van der Waals surface area contributed by atoms with E-state index in [9.17, 15) is 0 Å². The van der Waals surface area contributed by atoms with Gasteiger partial charge < -0.3 is 4.74 Å². The van der Waals surface area contributed by atoms with Crippen molar-refractivity contribution < 1.29 is 4.74 Å². The van der Waals surface area contributed by atoms with E-state index in [1.54, 1.807) is 18.9 Å². The Morgan fingerprint density at radius 2 is 1.42 bits per heavy atom. The predicted molar refractivity (Wildman–Crippen MR) is 133 cm³/mol. The number of benzene rings is 4. The van der Waals surface area contributed by atoms with Crippen LogP contribution in [0.1, 0.15) is 5.56 Å². The Bertz CT molecular complexity index is 1170. The molecule has 0 aromatic heterocycles. The molecule has 3 heteroatoms. The third kappa shape index (κ3) is 5.74. The number of rotatable bonds is 7. The van der Waals surface area contributed by atoms with Crippen molar-refractivity contribution in [2.75, 3.05) is 7.11 Å². The Hall–Kier alpha value is -3.56. The number of ether oxygens (including phenoxy) is 1. The van der Waals surface area contributed by atoms with Gasteiger partial charge in [-0.3, -0.25) is 0 Å². The minimum absolute atomic E-state index is 0.855. The second-order valence-corrected chi connectivity index (χ2v) is 7.85. The molecule has 0 aliphatic rings. The van der Waals surface area contributed by atoms with E-state index in [1.807, 2.05) is 54.6 Å². The van der Waals surface area contributed by atoms with Gasteiger partial charge >= 0.3 is 0 Å². The average molecular weight is 422 g/mol. The van der Waals surface area contributed by atoms with E-state index in [1.165, 1.54) is 11.1 Å². The van der Waals surface area contributed by atoms with Crippen molar-refractivity contribution in [2.24, 2.45) is 4.99 Å². The van der Waals surface area contributed by atoms with Gasteiger partial charge in [-0.2, -0.15) is 0 Å². The van der Waals surface area contributed by atoms with Crippen LogP contribution in [0.3, 0.4) is 0 Å². The molecule has 0 amide bonds. The second-order valence-electron chi connectivity index (χ2n) is 6.88. The van der Waals surface area contributed by atoms with Crippen molar-refractivity contribution in [3.8, 4) is 16.9 Å². The molecule has 0 saturated heterocycles. The highest BCUT2D eigenvalue weighted by Gasteiger charge is 2.03. The molecule has 0 N–H and O–H groups in total. The van der Waals surface area contributed by atoms with Crippen LogP contribution in [0.5, 0.6) is 5.75 Å². The molecule has 0 unspecified atom stereocenters. The molecule has 152 valence electrons. The fourth-order valence-electron chi connectivity index (χ4n) is 3.16. The summed E-state index contributed by atoms with van der Waals surface area (Å²) in [5, 5.41) is 2.07. The molecule has 4 aromatic rings. The molecule has 0 spiro atoms. The number of thioether (sulfide) groups is 1. The van der Waals surface area contributed by atoms with Crippen molar-refractivity contribution >= 4 is 23.2 Å². The normalized spacial score (nSPS) is 11.6. The predicted octanol–water partition coefficient (Wildman–Crippen LogP) is 7.79. The maximum absolute atomic E-state index is 5.32. The summed E-state index contributed by atoms with van der Waals surface area (Å²) < 4.78 is 5.32. The van der Waals surface area contributed by atoms with Gasteiger partial charge in [0.25, 0.3) is 0 Å². The first-order valence-corrected chi connectivity index (χ1v) is 11.0. The quantitative estimate of drug-likeness (QED) is 0.224. The van der Waals surface area contributed by atoms with Crippen LogP contribution >= 0.6 is 11.8 Å². The van der Waals surface area contributed by atoms with Crippen molar-refractivity contribution in [3.63, 3.8) is 0 Å². The molecule has 0 atom stereocenters. The summed E-state index contributed by atoms with van der Waals surface area (Å²) in [6.07, 6.45) is 2.06. The highest BCUT2D eigenvalue weighted by atomic mass is 32.2. The third-order valence-electron chi connectivity index (χ3n) is 4.76. The van der Waals surface area contributed by atoms with Crippen molar-refractivity contribution in [2.45, 2.75) is 4.90 Å². The standard InChI is InChI=1S/C28H23NOS/c1-30-26-13-8-14-27(21-26)31-20-19-28(29-25-11-6-3-7-12-25)24-17-15-23(16-18-24)22-9-4-2-5-10-22/h2-21H,1H3. The van der Waals surface area contributed by atoms with Gasteiger partial charge in [0.1, 0.15) is 5.75 Å². The van der Waals surface area contributed by atoms with Crippen molar-refractivity contribution in [1.29, 1.82) is 0 Å². The molecule has 4 aromatic carbocycles. The fourth-order valence-corrected chi connectivity index (χ4v) is 3.85. The maximum atomic E-state index is 5.32. The van der Waals surface area contributed by atoms with E-state index in [0.717, 1.165) is 27.6 Å². The highest BCUT2D eigenvalue weighted by molar-refractivity contribution is 8.02. The molecule has 4 rings (SSSR count). The lowest BCUT2D eigenvalue weighted by Gasteiger charge is -2.06. The summed E-state index contributed by atoms with van der Waals surface area (Å²) >= 11 is 1.64. The first kappa shape index (κ1) is 20.7. The number of nitrogens with zero attached hydrogens (tertiary/aromatic N) is 1. The van der Waals surface area contributed by atoms with Crippen molar-refractivity contribution in [3.05, 3.63) is 126 Å². The van der Waals surface area contributed by atoms with E-state index in [4.69, 9.17) is 9.73 Å². The molecule has 0 bridgehead atoms. The Balaban J connectivity index is 1.61. The Kier molecular flexibility index (Phi) is 6.99. The molecule has 0 heterocycles. The van der Waals surface area contributed by atoms with Crippen LogP contribution in [-0.4, -0.2) is 12.8 Å². The van der Waals surface area contributed by atoms with E-state index < -0.39 is 0 Å². The molecule has 0 saturated carbocycles. The second kappa shape index (κ2) is 10.5. The van der Waals surface area contributed by atoms with Gasteiger partial charge in [-0.1, -0.05) is 90.6 Å². The Morgan fingerprint density at radius 3 is 2.13 bits per heavy atom. The van der Waals surface area contributed by atoms with Crippen LogP contribution in [0.2, 0.25) is 0 Å². The fraction of sp³-hybridized carbons (Fsp3) is 0.0357. The average Bonchev–Trinajstić information content (AvgIpc) is 2.85. The van der Waals surface area contributed by atoms with Crippen LogP contribution in [0.25, 0.3) is 11.1 Å². The molecular formula is C28H23NOS. The summed E-state index contributed by atoms with van der Waals surface area (Å²) in [7, 11) is 1.68. The molecule has 31 heavy (non-hydrogen) atoms. The van der Waals surface area contributed by atoms with Crippen LogP contribution < -0.4 is 4.74 Å². The summed E-state index contributed by atoms with van der Waals surface area (Å²) in [6.45, 7) is 0. The first-order valence-electron chi connectivity index (χ1n) is 10.1. The monoisotopic (exact) mass is 421 g/mol. The number of para-hydroxylation sites is 1. The van der Waals surface area contributed by atoms with Gasteiger partial charge in [-0.25, -0.2) is 4.99 Å². The number of aliphatic imine (C=N–C) groups is 1. The minimum atomic E-state index is 0.855. The van der Waals surface area contributed by atoms with E-state index in [-0.39, 0.29) is 0 Å². The molecule has 0 aliphatic heterocycles. The summed E-state index contributed by atoms with van der Waals surface area (Å²) in [5.41, 5.74) is 5.32. The number of hydrogen-bond acceptors (Lipinski definition) is 3. The van der Waals surface area contributed by atoms with Gasteiger partial charge in [0.2, 0.25) is 0 Å². The van der Waals surface area contributed by atoms with Crippen LogP contribution in [0, 0.1) is 0 Å². The molecule has 2 nitrogen and oxygen atoms in total. The van der Waals surface area contributed by atoms with Gasteiger partial charge in [-0.15, -0.1) is 0 Å². The smallest absolute Gasteiger partial charge is 0.119 e. The molecule has 0 radical (unpaired) electrons. The van der Waals surface area contributed by atoms with E-state index >= 15 is 0 Å². The van der Waals surface area contributed by atoms with Crippen LogP contribution in [0.4, 0.5) is 5.69 Å². The Labute approximate surface area is 188 Å². The topological polar surface area (TPSA) is 21.6 Å². The zero-order valence-electron chi connectivity index (χ0n) is 17.3. The third-order valence-corrected chi connectivity index (χ3v) is 5.56. The lowest BCUT2D eigenvalue weighted by atomic mass is 10.0. The SMILES string of the molecule is COc1cccc(SC=CC(=Nc2ccccc2)c2ccc(-c3ccccc3)cc2)c1.